The number of rotatable bonds is 5. The standard InChI is InChI=1S/C22H28ClNO2S/c1-15(2)12-18-14-20(8-9-21(18)16(3)4)27(25,26)24-11-5-6-17-13-19(23)7-10-22(17)24/h7-10,13-16H,5-6,11-12H2,1-4H3. The normalized spacial score (nSPS) is 14.7. The molecule has 0 bridgehead atoms. The summed E-state index contributed by atoms with van der Waals surface area (Å²) in [5.74, 6) is 0.840. The van der Waals surface area contributed by atoms with Crippen LogP contribution in [0.2, 0.25) is 5.02 Å². The Balaban J connectivity index is 2.06. The van der Waals surface area contributed by atoms with Gasteiger partial charge in [-0.3, -0.25) is 4.31 Å². The lowest BCUT2D eigenvalue weighted by molar-refractivity contribution is 0.585. The molecule has 5 heteroatoms. The van der Waals surface area contributed by atoms with Gasteiger partial charge in [0.2, 0.25) is 0 Å². The van der Waals surface area contributed by atoms with E-state index in [-0.39, 0.29) is 0 Å². The lowest BCUT2D eigenvalue weighted by Gasteiger charge is -2.31. The van der Waals surface area contributed by atoms with Gasteiger partial charge < -0.3 is 0 Å². The second-order valence-corrected chi connectivity index (χ2v) is 10.4. The molecule has 146 valence electrons. The first-order chi connectivity index (χ1) is 12.7. The van der Waals surface area contributed by atoms with E-state index >= 15 is 0 Å². The SMILES string of the molecule is CC(C)Cc1cc(S(=O)(=O)N2CCCc3cc(Cl)ccc32)ccc1C(C)C. The Morgan fingerprint density at radius 2 is 1.81 bits per heavy atom. The lowest BCUT2D eigenvalue weighted by atomic mass is 9.92. The molecule has 27 heavy (non-hydrogen) atoms. The molecule has 1 heterocycles. The fourth-order valence-electron chi connectivity index (χ4n) is 3.83. The van der Waals surface area contributed by atoms with E-state index in [9.17, 15) is 8.42 Å². The summed E-state index contributed by atoms with van der Waals surface area (Å²) >= 11 is 6.10. The number of fused-ring (bicyclic) bond motifs is 1. The molecule has 2 aromatic carbocycles. The Morgan fingerprint density at radius 1 is 1.07 bits per heavy atom. The largest absolute Gasteiger partial charge is 0.266 e. The van der Waals surface area contributed by atoms with Gasteiger partial charge in [0.1, 0.15) is 0 Å². The minimum absolute atomic E-state index is 0.369. The zero-order chi connectivity index (χ0) is 19.8. The molecule has 0 amide bonds. The highest BCUT2D eigenvalue weighted by Crippen LogP contribution is 2.34. The summed E-state index contributed by atoms with van der Waals surface area (Å²) in [5.41, 5.74) is 4.12. The fourth-order valence-corrected chi connectivity index (χ4v) is 5.62. The molecule has 0 saturated heterocycles. The van der Waals surface area contributed by atoms with Crippen molar-refractivity contribution in [3.63, 3.8) is 0 Å². The van der Waals surface area contributed by atoms with Crippen molar-refractivity contribution in [2.45, 2.75) is 57.8 Å². The number of aryl methyl sites for hydroxylation is 1. The Bertz CT molecular complexity index is 935. The van der Waals surface area contributed by atoms with Gasteiger partial charge in [-0.15, -0.1) is 0 Å². The van der Waals surface area contributed by atoms with E-state index in [0.717, 1.165) is 36.1 Å². The second-order valence-electron chi connectivity index (χ2n) is 8.07. The van der Waals surface area contributed by atoms with Crippen LogP contribution in [0.1, 0.15) is 56.7 Å². The zero-order valence-electron chi connectivity index (χ0n) is 16.5. The second kappa shape index (κ2) is 7.84. The third-order valence-corrected chi connectivity index (χ3v) is 7.11. The molecule has 0 unspecified atom stereocenters. The molecule has 3 rings (SSSR count). The maximum absolute atomic E-state index is 13.4. The van der Waals surface area contributed by atoms with Crippen LogP contribution >= 0.6 is 11.6 Å². The third kappa shape index (κ3) is 4.17. The van der Waals surface area contributed by atoms with Crippen LogP contribution in [0.3, 0.4) is 0 Å². The van der Waals surface area contributed by atoms with E-state index in [1.54, 1.807) is 16.4 Å². The maximum Gasteiger partial charge on any atom is 0.264 e. The lowest BCUT2D eigenvalue weighted by Crippen LogP contribution is -2.35. The van der Waals surface area contributed by atoms with Crippen LogP contribution in [0.15, 0.2) is 41.3 Å². The third-order valence-electron chi connectivity index (χ3n) is 5.07. The first-order valence-electron chi connectivity index (χ1n) is 9.64. The van der Waals surface area contributed by atoms with Crippen LogP contribution in [-0.4, -0.2) is 15.0 Å². The van der Waals surface area contributed by atoms with Crippen LogP contribution in [0.4, 0.5) is 5.69 Å². The Kier molecular flexibility index (Phi) is 5.87. The molecule has 0 N–H and O–H groups in total. The molecule has 0 fully saturated rings. The first kappa shape index (κ1) is 20.2. The van der Waals surface area contributed by atoms with Crippen molar-refractivity contribution in [3.8, 4) is 0 Å². The zero-order valence-corrected chi connectivity index (χ0v) is 18.1. The molecule has 3 nitrogen and oxygen atoms in total. The van der Waals surface area contributed by atoms with E-state index in [0.29, 0.717) is 28.3 Å². The molecular formula is C22H28ClNO2S. The number of hydrogen-bond acceptors (Lipinski definition) is 2. The van der Waals surface area contributed by atoms with Crippen molar-refractivity contribution in [3.05, 3.63) is 58.1 Å². The van der Waals surface area contributed by atoms with Crippen molar-refractivity contribution in [2.75, 3.05) is 10.8 Å². The minimum Gasteiger partial charge on any atom is -0.266 e. The fraction of sp³-hybridized carbons (Fsp3) is 0.455. The highest BCUT2D eigenvalue weighted by atomic mass is 35.5. The average molecular weight is 406 g/mol. The quantitative estimate of drug-likeness (QED) is 0.630. The van der Waals surface area contributed by atoms with Gasteiger partial charge >= 0.3 is 0 Å². The molecule has 0 radical (unpaired) electrons. The van der Waals surface area contributed by atoms with Crippen LogP contribution < -0.4 is 4.31 Å². The molecule has 1 aliphatic heterocycles. The Morgan fingerprint density at radius 3 is 2.48 bits per heavy atom. The van der Waals surface area contributed by atoms with Crippen molar-refractivity contribution in [1.82, 2.24) is 0 Å². The van der Waals surface area contributed by atoms with E-state index in [1.165, 1.54) is 5.56 Å². The van der Waals surface area contributed by atoms with Gasteiger partial charge in [-0.2, -0.15) is 0 Å². The molecular weight excluding hydrogens is 378 g/mol. The average Bonchev–Trinajstić information content (AvgIpc) is 2.60. The number of halogens is 1. The molecule has 0 spiro atoms. The van der Waals surface area contributed by atoms with Crippen molar-refractivity contribution < 1.29 is 8.42 Å². The first-order valence-corrected chi connectivity index (χ1v) is 11.5. The predicted octanol–water partition coefficient (Wildman–Crippen LogP) is 5.80. The Labute approximate surface area is 168 Å². The summed E-state index contributed by atoms with van der Waals surface area (Å²) in [6.07, 6.45) is 2.53. The number of hydrogen-bond donors (Lipinski definition) is 0. The van der Waals surface area contributed by atoms with Crippen LogP contribution in [0, 0.1) is 5.92 Å². The number of benzene rings is 2. The van der Waals surface area contributed by atoms with E-state index < -0.39 is 10.0 Å². The van der Waals surface area contributed by atoms with Crippen molar-refractivity contribution in [1.29, 1.82) is 0 Å². The molecule has 0 saturated carbocycles. The highest BCUT2D eigenvalue weighted by Gasteiger charge is 2.29. The summed E-state index contributed by atoms with van der Waals surface area (Å²) in [6, 6.07) is 11.1. The summed E-state index contributed by atoms with van der Waals surface area (Å²) < 4.78 is 28.4. The predicted molar refractivity (Wildman–Crippen MR) is 113 cm³/mol. The number of sulfonamides is 1. The van der Waals surface area contributed by atoms with Crippen molar-refractivity contribution in [2.24, 2.45) is 5.92 Å². The van der Waals surface area contributed by atoms with Gasteiger partial charge in [-0.05, 0) is 78.1 Å². The topological polar surface area (TPSA) is 37.4 Å². The molecule has 0 atom stereocenters. The number of anilines is 1. The summed E-state index contributed by atoms with van der Waals surface area (Å²) in [5, 5.41) is 0.647. The van der Waals surface area contributed by atoms with Gasteiger partial charge in [-0.25, -0.2) is 8.42 Å². The summed E-state index contributed by atoms with van der Waals surface area (Å²) in [4.78, 5) is 0.380. The van der Waals surface area contributed by atoms with Crippen LogP contribution in [0.5, 0.6) is 0 Å². The molecule has 1 aliphatic rings. The van der Waals surface area contributed by atoms with Gasteiger partial charge in [0.05, 0.1) is 10.6 Å². The highest BCUT2D eigenvalue weighted by molar-refractivity contribution is 7.92. The number of nitrogens with zero attached hydrogens (tertiary/aromatic N) is 1. The maximum atomic E-state index is 13.4. The monoisotopic (exact) mass is 405 g/mol. The molecule has 2 aromatic rings. The smallest absolute Gasteiger partial charge is 0.264 e. The summed E-state index contributed by atoms with van der Waals surface area (Å²) in [7, 11) is -3.60. The molecule has 0 aromatic heterocycles. The van der Waals surface area contributed by atoms with E-state index in [2.05, 4.69) is 27.7 Å². The van der Waals surface area contributed by atoms with E-state index in [1.807, 2.05) is 24.3 Å². The van der Waals surface area contributed by atoms with Crippen LogP contribution in [-0.2, 0) is 22.9 Å². The van der Waals surface area contributed by atoms with Gasteiger partial charge in [0, 0.05) is 11.6 Å². The van der Waals surface area contributed by atoms with Gasteiger partial charge in [0.15, 0.2) is 0 Å². The van der Waals surface area contributed by atoms with Crippen molar-refractivity contribution >= 4 is 27.3 Å². The van der Waals surface area contributed by atoms with Gasteiger partial charge in [0.25, 0.3) is 10.0 Å². The minimum atomic E-state index is -3.60. The van der Waals surface area contributed by atoms with Gasteiger partial charge in [-0.1, -0.05) is 45.4 Å². The van der Waals surface area contributed by atoms with Crippen LogP contribution in [0.25, 0.3) is 0 Å². The summed E-state index contributed by atoms with van der Waals surface area (Å²) in [6.45, 7) is 9.13. The van der Waals surface area contributed by atoms with E-state index in [4.69, 9.17) is 11.6 Å². The molecule has 0 aliphatic carbocycles. The Hall–Kier alpha value is -1.52.